The van der Waals surface area contributed by atoms with Gasteiger partial charge in [-0.1, -0.05) is 34.3 Å². The zero-order chi connectivity index (χ0) is 11.9. The fourth-order valence-electron chi connectivity index (χ4n) is 1.58. The summed E-state index contributed by atoms with van der Waals surface area (Å²) >= 11 is 0. The van der Waals surface area contributed by atoms with Crippen LogP contribution in [0.3, 0.4) is 0 Å². The fraction of sp³-hybridized carbons (Fsp3) is 0.833. The van der Waals surface area contributed by atoms with Gasteiger partial charge < -0.3 is 4.90 Å². The minimum absolute atomic E-state index is 0.127. The standard InChI is InChI=1S/C12H21F2N/c1-9(2)11(4,5)6-10(3)15-7-12(13,14)8-15/h9H,3,6-8H2,1-2,4-5H3. The number of alkyl halides is 2. The molecular formula is C12H21F2N. The first-order chi connectivity index (χ1) is 6.64. The van der Waals surface area contributed by atoms with Crippen LogP contribution in [0.1, 0.15) is 34.1 Å². The zero-order valence-corrected chi connectivity index (χ0v) is 10.1. The van der Waals surface area contributed by atoms with E-state index in [1.165, 1.54) is 0 Å². The first kappa shape index (κ1) is 12.5. The Bertz CT molecular complexity index is 248. The Balaban J connectivity index is 2.44. The first-order valence-electron chi connectivity index (χ1n) is 5.45. The average Bonchev–Trinajstić information content (AvgIpc) is 1.98. The molecule has 0 N–H and O–H groups in total. The molecule has 1 fully saturated rings. The highest BCUT2D eigenvalue weighted by Crippen LogP contribution is 2.37. The van der Waals surface area contributed by atoms with Crippen molar-refractivity contribution in [3.8, 4) is 0 Å². The Morgan fingerprint density at radius 3 is 2.20 bits per heavy atom. The van der Waals surface area contributed by atoms with Crippen molar-refractivity contribution in [3.63, 3.8) is 0 Å². The van der Waals surface area contributed by atoms with Crippen LogP contribution in [-0.4, -0.2) is 23.9 Å². The second-order valence-corrected chi connectivity index (χ2v) is 5.60. The molecule has 0 atom stereocenters. The quantitative estimate of drug-likeness (QED) is 0.696. The van der Waals surface area contributed by atoms with Crippen LogP contribution in [0.4, 0.5) is 8.78 Å². The van der Waals surface area contributed by atoms with Gasteiger partial charge in [0.15, 0.2) is 0 Å². The molecule has 0 bridgehead atoms. The Kier molecular flexibility index (Phi) is 3.13. The molecule has 1 rings (SSSR count). The summed E-state index contributed by atoms with van der Waals surface area (Å²) in [5, 5.41) is 0. The molecule has 1 saturated heterocycles. The van der Waals surface area contributed by atoms with Gasteiger partial charge in [-0.15, -0.1) is 0 Å². The van der Waals surface area contributed by atoms with Crippen LogP contribution in [-0.2, 0) is 0 Å². The van der Waals surface area contributed by atoms with Gasteiger partial charge in [-0.05, 0) is 17.8 Å². The van der Waals surface area contributed by atoms with Crippen molar-refractivity contribution in [3.05, 3.63) is 12.3 Å². The van der Waals surface area contributed by atoms with Crippen LogP contribution >= 0.6 is 0 Å². The van der Waals surface area contributed by atoms with Gasteiger partial charge in [-0.2, -0.15) is 0 Å². The number of halogens is 2. The molecule has 0 aliphatic carbocycles. The highest BCUT2D eigenvalue weighted by molar-refractivity contribution is 5.06. The van der Waals surface area contributed by atoms with Crippen molar-refractivity contribution < 1.29 is 8.78 Å². The normalized spacial score (nSPS) is 20.3. The average molecular weight is 217 g/mol. The van der Waals surface area contributed by atoms with Crippen molar-refractivity contribution >= 4 is 0 Å². The molecule has 0 unspecified atom stereocenters. The summed E-state index contributed by atoms with van der Waals surface area (Å²) in [5.41, 5.74) is 0.974. The van der Waals surface area contributed by atoms with Gasteiger partial charge >= 0.3 is 0 Å². The summed E-state index contributed by atoms with van der Waals surface area (Å²) in [6, 6.07) is 0. The molecule has 1 nitrogen and oxygen atoms in total. The molecule has 0 aromatic rings. The number of nitrogens with zero attached hydrogens (tertiary/aromatic N) is 1. The van der Waals surface area contributed by atoms with Crippen LogP contribution in [0.2, 0.25) is 0 Å². The minimum Gasteiger partial charge on any atom is -0.363 e. The monoisotopic (exact) mass is 217 g/mol. The molecule has 0 saturated carbocycles. The SMILES string of the molecule is C=C(CC(C)(C)C(C)C)N1CC(F)(F)C1. The molecule has 0 radical (unpaired) electrons. The molecular weight excluding hydrogens is 196 g/mol. The number of hydrogen-bond donors (Lipinski definition) is 0. The molecule has 88 valence electrons. The number of rotatable bonds is 4. The maximum Gasteiger partial charge on any atom is 0.282 e. The predicted molar refractivity (Wildman–Crippen MR) is 58.9 cm³/mol. The van der Waals surface area contributed by atoms with Crippen LogP contribution < -0.4 is 0 Å². The van der Waals surface area contributed by atoms with Crippen molar-refractivity contribution in [2.24, 2.45) is 11.3 Å². The molecule has 1 aliphatic rings. The maximum absolute atomic E-state index is 12.7. The molecule has 0 spiro atoms. The van der Waals surface area contributed by atoms with Crippen LogP contribution in [0.5, 0.6) is 0 Å². The number of allylic oxidation sites excluding steroid dienone is 1. The lowest BCUT2D eigenvalue weighted by Gasteiger charge is -2.44. The first-order valence-corrected chi connectivity index (χ1v) is 5.45. The van der Waals surface area contributed by atoms with E-state index in [1.807, 2.05) is 0 Å². The van der Waals surface area contributed by atoms with Crippen molar-refractivity contribution in [1.82, 2.24) is 4.90 Å². The minimum atomic E-state index is -2.50. The van der Waals surface area contributed by atoms with Gasteiger partial charge in [0, 0.05) is 5.70 Å². The fourth-order valence-corrected chi connectivity index (χ4v) is 1.58. The van der Waals surface area contributed by atoms with E-state index < -0.39 is 5.92 Å². The Hall–Kier alpha value is -0.600. The van der Waals surface area contributed by atoms with E-state index >= 15 is 0 Å². The van der Waals surface area contributed by atoms with Crippen molar-refractivity contribution in [2.45, 2.75) is 40.0 Å². The van der Waals surface area contributed by atoms with Gasteiger partial charge in [0.2, 0.25) is 0 Å². The highest BCUT2D eigenvalue weighted by atomic mass is 19.3. The van der Waals surface area contributed by atoms with Gasteiger partial charge in [0.1, 0.15) is 0 Å². The second-order valence-electron chi connectivity index (χ2n) is 5.60. The third-order valence-corrected chi connectivity index (χ3v) is 3.51. The maximum atomic E-state index is 12.7. The molecule has 1 heterocycles. The topological polar surface area (TPSA) is 3.24 Å². The van der Waals surface area contributed by atoms with E-state index in [4.69, 9.17) is 0 Å². The van der Waals surface area contributed by atoms with Crippen molar-refractivity contribution in [2.75, 3.05) is 13.1 Å². The molecule has 15 heavy (non-hydrogen) atoms. The zero-order valence-electron chi connectivity index (χ0n) is 10.1. The third-order valence-electron chi connectivity index (χ3n) is 3.51. The molecule has 0 aromatic heterocycles. The molecule has 3 heteroatoms. The largest absolute Gasteiger partial charge is 0.363 e. The molecule has 0 aromatic carbocycles. The van der Waals surface area contributed by atoms with E-state index in [0.717, 1.165) is 12.1 Å². The van der Waals surface area contributed by atoms with E-state index in [0.29, 0.717) is 5.92 Å². The molecule has 0 amide bonds. The number of hydrogen-bond acceptors (Lipinski definition) is 1. The van der Waals surface area contributed by atoms with Gasteiger partial charge in [0.25, 0.3) is 5.92 Å². The van der Waals surface area contributed by atoms with Gasteiger partial charge in [-0.25, -0.2) is 8.78 Å². The van der Waals surface area contributed by atoms with Gasteiger partial charge in [-0.3, -0.25) is 0 Å². The van der Waals surface area contributed by atoms with Crippen molar-refractivity contribution in [1.29, 1.82) is 0 Å². The summed E-state index contributed by atoms with van der Waals surface area (Å²) < 4.78 is 25.3. The Labute approximate surface area is 91.1 Å². The third kappa shape index (κ3) is 2.93. The van der Waals surface area contributed by atoms with Crippen LogP contribution in [0, 0.1) is 11.3 Å². The van der Waals surface area contributed by atoms with E-state index in [9.17, 15) is 8.78 Å². The highest BCUT2D eigenvalue weighted by Gasteiger charge is 2.44. The second kappa shape index (κ2) is 3.76. The van der Waals surface area contributed by atoms with E-state index in [1.54, 1.807) is 4.90 Å². The summed E-state index contributed by atoms with van der Waals surface area (Å²) in [4.78, 5) is 1.68. The Morgan fingerprint density at radius 1 is 1.40 bits per heavy atom. The molecule has 1 aliphatic heterocycles. The predicted octanol–water partition coefficient (Wildman–Crippen LogP) is 3.52. The number of likely N-dealkylation sites (tertiary alicyclic amines) is 1. The summed E-state index contributed by atoms with van der Waals surface area (Å²) in [7, 11) is 0. The van der Waals surface area contributed by atoms with Crippen LogP contribution in [0.15, 0.2) is 12.3 Å². The van der Waals surface area contributed by atoms with Gasteiger partial charge in [0.05, 0.1) is 13.1 Å². The summed E-state index contributed by atoms with van der Waals surface area (Å²) in [6.45, 7) is 12.2. The van der Waals surface area contributed by atoms with Crippen LogP contribution in [0.25, 0.3) is 0 Å². The lowest BCUT2D eigenvalue weighted by atomic mass is 9.77. The van der Waals surface area contributed by atoms with E-state index in [2.05, 4.69) is 34.3 Å². The lowest BCUT2D eigenvalue weighted by Crippen LogP contribution is -2.55. The lowest BCUT2D eigenvalue weighted by molar-refractivity contribution is -0.118. The van der Waals surface area contributed by atoms with E-state index in [-0.39, 0.29) is 18.5 Å². The smallest absolute Gasteiger partial charge is 0.282 e. The summed E-state index contributed by atoms with van der Waals surface area (Å²) in [6.07, 6.45) is 0.792. The summed E-state index contributed by atoms with van der Waals surface area (Å²) in [5.74, 6) is -1.97. The Morgan fingerprint density at radius 2 is 1.87 bits per heavy atom.